The Kier molecular flexibility index (Phi) is 5.39. The first-order valence-electron chi connectivity index (χ1n) is 7.63. The maximum Gasteiger partial charge on any atom is 0.110 e. The van der Waals surface area contributed by atoms with Crippen molar-refractivity contribution in [2.24, 2.45) is 0 Å². The third-order valence-electron chi connectivity index (χ3n) is 3.75. The number of allylic oxidation sites excluding steroid dienone is 2. The molecule has 1 N–H and O–H groups in total. The second kappa shape index (κ2) is 7.27. The summed E-state index contributed by atoms with van der Waals surface area (Å²) in [6.07, 6.45) is 4.89. The minimum atomic E-state index is 0.948. The van der Waals surface area contributed by atoms with Gasteiger partial charge in [0.05, 0.1) is 11.4 Å². The summed E-state index contributed by atoms with van der Waals surface area (Å²) < 4.78 is 0. The van der Waals surface area contributed by atoms with E-state index < -0.39 is 0 Å². The number of hydrogen-bond donors (Lipinski definition) is 1. The molecule has 4 nitrogen and oxygen atoms in total. The van der Waals surface area contributed by atoms with Crippen LogP contribution >= 0.6 is 0 Å². The molecular weight excluding hydrogens is 260 g/mol. The Morgan fingerprint density at radius 1 is 1.38 bits per heavy atom. The number of hydrogen-bond acceptors (Lipinski definition) is 4. The van der Waals surface area contributed by atoms with E-state index in [9.17, 15) is 0 Å². The van der Waals surface area contributed by atoms with Gasteiger partial charge in [-0.15, -0.1) is 0 Å². The Hall–Kier alpha value is -1.81. The molecule has 1 saturated heterocycles. The first-order valence-corrected chi connectivity index (χ1v) is 7.63. The lowest BCUT2D eigenvalue weighted by atomic mass is 10.1. The molecule has 1 aromatic heterocycles. The molecule has 2 heterocycles. The largest absolute Gasteiger partial charge is 0.376 e. The summed E-state index contributed by atoms with van der Waals surface area (Å²) in [5.74, 6) is 0. The molecule has 1 aromatic rings. The summed E-state index contributed by atoms with van der Waals surface area (Å²) in [5, 5.41) is 3.40. The predicted molar refractivity (Wildman–Crippen MR) is 90.6 cm³/mol. The molecule has 1 aliphatic rings. The Morgan fingerprint density at radius 3 is 2.67 bits per heavy atom. The van der Waals surface area contributed by atoms with Crippen molar-refractivity contribution < 1.29 is 0 Å². The fraction of sp³-hybridized carbons (Fsp3) is 0.471. The zero-order chi connectivity index (χ0) is 15.2. The van der Waals surface area contributed by atoms with Crippen LogP contribution < -0.4 is 10.2 Å². The molecule has 0 aliphatic carbocycles. The van der Waals surface area contributed by atoms with E-state index in [1.807, 2.05) is 6.08 Å². The van der Waals surface area contributed by atoms with Crippen LogP contribution in [0.2, 0.25) is 0 Å². The van der Waals surface area contributed by atoms with Crippen molar-refractivity contribution >= 4 is 11.4 Å². The maximum absolute atomic E-state index is 4.89. The SMILES string of the molecule is C=C/C=C(\c1nc(CC)ccc1N(C)C)N1CCNCC1. The molecule has 0 bridgehead atoms. The predicted octanol–water partition coefficient (Wildman–Crippen LogP) is 2.14. The lowest BCUT2D eigenvalue weighted by molar-refractivity contribution is 0.340. The first kappa shape index (κ1) is 15.6. The van der Waals surface area contributed by atoms with Crippen LogP contribution in [0, 0.1) is 0 Å². The quantitative estimate of drug-likeness (QED) is 0.840. The van der Waals surface area contributed by atoms with Gasteiger partial charge in [-0.2, -0.15) is 0 Å². The second-order valence-corrected chi connectivity index (χ2v) is 5.44. The molecule has 114 valence electrons. The third-order valence-corrected chi connectivity index (χ3v) is 3.75. The van der Waals surface area contributed by atoms with Crippen LogP contribution in [0.1, 0.15) is 18.3 Å². The fourth-order valence-corrected chi connectivity index (χ4v) is 2.59. The second-order valence-electron chi connectivity index (χ2n) is 5.44. The number of pyridine rings is 1. The third kappa shape index (κ3) is 3.64. The van der Waals surface area contributed by atoms with E-state index in [4.69, 9.17) is 4.98 Å². The molecule has 1 fully saturated rings. The van der Waals surface area contributed by atoms with E-state index >= 15 is 0 Å². The van der Waals surface area contributed by atoms with Gasteiger partial charge in [0, 0.05) is 46.0 Å². The van der Waals surface area contributed by atoms with Crippen LogP contribution in [0.5, 0.6) is 0 Å². The number of nitrogens with one attached hydrogen (secondary N) is 1. The summed E-state index contributed by atoms with van der Waals surface area (Å²) in [6.45, 7) is 10.1. The zero-order valence-corrected chi connectivity index (χ0v) is 13.4. The average Bonchev–Trinajstić information content (AvgIpc) is 2.52. The standard InChI is InChI=1S/C17H26N4/c1-5-7-16(21-12-10-18-11-13-21)17-15(20(3)4)9-8-14(6-2)19-17/h5,7-9,18H,1,6,10-13H2,2-4H3/b16-7+. The lowest BCUT2D eigenvalue weighted by Crippen LogP contribution is -2.42. The highest BCUT2D eigenvalue weighted by molar-refractivity contribution is 5.74. The molecule has 0 spiro atoms. The smallest absolute Gasteiger partial charge is 0.110 e. The lowest BCUT2D eigenvalue weighted by Gasteiger charge is -2.32. The normalized spacial score (nSPS) is 16.0. The van der Waals surface area contributed by atoms with E-state index in [0.717, 1.165) is 49.7 Å². The fourth-order valence-electron chi connectivity index (χ4n) is 2.59. The minimum Gasteiger partial charge on any atom is -0.376 e. The number of rotatable bonds is 5. The summed E-state index contributed by atoms with van der Waals surface area (Å²) in [4.78, 5) is 9.41. The van der Waals surface area contributed by atoms with E-state index in [1.54, 1.807) is 0 Å². The van der Waals surface area contributed by atoms with Gasteiger partial charge in [-0.3, -0.25) is 0 Å². The number of anilines is 1. The topological polar surface area (TPSA) is 31.4 Å². The summed E-state index contributed by atoms with van der Waals surface area (Å²) >= 11 is 0. The van der Waals surface area contributed by atoms with Crippen LogP contribution in [0.25, 0.3) is 5.70 Å². The monoisotopic (exact) mass is 286 g/mol. The number of aromatic nitrogens is 1. The minimum absolute atomic E-state index is 0.948. The van der Waals surface area contributed by atoms with Crippen LogP contribution in [-0.2, 0) is 6.42 Å². The zero-order valence-electron chi connectivity index (χ0n) is 13.4. The highest BCUT2D eigenvalue weighted by atomic mass is 15.2. The highest BCUT2D eigenvalue weighted by Crippen LogP contribution is 2.27. The van der Waals surface area contributed by atoms with Gasteiger partial charge >= 0.3 is 0 Å². The molecular formula is C17H26N4. The summed E-state index contributed by atoms with van der Waals surface area (Å²) in [6, 6.07) is 4.28. The molecule has 21 heavy (non-hydrogen) atoms. The molecule has 0 unspecified atom stereocenters. The average molecular weight is 286 g/mol. The van der Waals surface area contributed by atoms with Gasteiger partial charge in [0.1, 0.15) is 5.69 Å². The van der Waals surface area contributed by atoms with Gasteiger partial charge in [0.15, 0.2) is 0 Å². The Labute approximate surface area is 128 Å². The van der Waals surface area contributed by atoms with E-state index in [0.29, 0.717) is 0 Å². The van der Waals surface area contributed by atoms with Crippen molar-refractivity contribution in [1.82, 2.24) is 15.2 Å². The van der Waals surface area contributed by atoms with Crippen LogP contribution in [0.15, 0.2) is 30.9 Å². The molecule has 2 rings (SSSR count). The Bertz CT molecular complexity index is 514. The molecule has 4 heteroatoms. The molecule has 0 radical (unpaired) electrons. The summed E-state index contributed by atoms with van der Waals surface area (Å²) in [7, 11) is 4.13. The van der Waals surface area contributed by atoms with Crippen LogP contribution in [-0.4, -0.2) is 50.2 Å². The highest BCUT2D eigenvalue weighted by Gasteiger charge is 2.19. The van der Waals surface area contributed by atoms with E-state index in [1.165, 1.54) is 5.70 Å². The summed E-state index contributed by atoms with van der Waals surface area (Å²) in [5.41, 5.74) is 4.51. The van der Waals surface area contributed by atoms with Gasteiger partial charge in [-0.05, 0) is 24.6 Å². The first-order chi connectivity index (χ1) is 10.2. The molecule has 1 aliphatic heterocycles. The molecule has 0 saturated carbocycles. The van der Waals surface area contributed by atoms with E-state index in [-0.39, 0.29) is 0 Å². The van der Waals surface area contributed by atoms with Crippen molar-refractivity contribution in [1.29, 1.82) is 0 Å². The van der Waals surface area contributed by atoms with Gasteiger partial charge in [0.2, 0.25) is 0 Å². The van der Waals surface area contributed by atoms with Gasteiger partial charge in [-0.1, -0.05) is 19.6 Å². The number of aryl methyl sites for hydroxylation is 1. The number of piperazine rings is 1. The van der Waals surface area contributed by atoms with Crippen molar-refractivity contribution in [3.8, 4) is 0 Å². The maximum atomic E-state index is 4.89. The van der Waals surface area contributed by atoms with Crippen molar-refractivity contribution in [2.75, 3.05) is 45.2 Å². The molecule has 0 aromatic carbocycles. The van der Waals surface area contributed by atoms with E-state index in [2.05, 4.69) is 60.9 Å². The van der Waals surface area contributed by atoms with Crippen LogP contribution in [0.3, 0.4) is 0 Å². The molecule has 0 atom stereocenters. The van der Waals surface area contributed by atoms with Gasteiger partial charge in [0.25, 0.3) is 0 Å². The Balaban J connectivity index is 2.47. The molecule has 0 amide bonds. The van der Waals surface area contributed by atoms with Crippen molar-refractivity contribution in [2.45, 2.75) is 13.3 Å². The van der Waals surface area contributed by atoms with Crippen molar-refractivity contribution in [3.05, 3.63) is 42.3 Å². The van der Waals surface area contributed by atoms with Gasteiger partial charge < -0.3 is 15.1 Å². The Morgan fingerprint density at radius 2 is 2.10 bits per heavy atom. The van der Waals surface area contributed by atoms with Crippen LogP contribution in [0.4, 0.5) is 5.69 Å². The number of nitrogens with zero attached hydrogens (tertiary/aromatic N) is 3. The van der Waals surface area contributed by atoms with Crippen molar-refractivity contribution in [3.63, 3.8) is 0 Å². The van der Waals surface area contributed by atoms with Gasteiger partial charge in [-0.25, -0.2) is 4.98 Å².